The van der Waals surface area contributed by atoms with Crippen LogP contribution in [0, 0.1) is 18.3 Å². The first-order valence-electron chi connectivity index (χ1n) is 4.43. The van der Waals surface area contributed by atoms with E-state index in [-0.39, 0.29) is 0 Å². The molecule has 13 heavy (non-hydrogen) atoms. The van der Waals surface area contributed by atoms with Gasteiger partial charge in [0.05, 0.1) is 0 Å². The lowest BCUT2D eigenvalue weighted by Crippen LogP contribution is -2.01. The Morgan fingerprint density at radius 2 is 2.23 bits per heavy atom. The van der Waals surface area contributed by atoms with Crippen molar-refractivity contribution in [3.63, 3.8) is 0 Å². The van der Waals surface area contributed by atoms with Crippen molar-refractivity contribution < 1.29 is 0 Å². The van der Waals surface area contributed by atoms with Gasteiger partial charge in [-0.1, -0.05) is 13.8 Å². The molecule has 0 aliphatic rings. The fourth-order valence-electron chi connectivity index (χ4n) is 1.11. The number of nitriles is 1. The van der Waals surface area contributed by atoms with Gasteiger partial charge in [0.2, 0.25) is 0 Å². The van der Waals surface area contributed by atoms with Gasteiger partial charge in [0.1, 0.15) is 17.6 Å². The van der Waals surface area contributed by atoms with Crippen molar-refractivity contribution in [2.45, 2.75) is 33.1 Å². The van der Waals surface area contributed by atoms with Gasteiger partial charge < -0.3 is 0 Å². The molecule has 0 amide bonds. The molecule has 0 saturated carbocycles. The van der Waals surface area contributed by atoms with Gasteiger partial charge in [-0.05, 0) is 25.3 Å². The van der Waals surface area contributed by atoms with Crippen LogP contribution in [0.25, 0.3) is 0 Å². The van der Waals surface area contributed by atoms with E-state index in [9.17, 15) is 0 Å². The first kappa shape index (κ1) is 9.66. The van der Waals surface area contributed by atoms with Crippen LogP contribution in [-0.4, -0.2) is 9.97 Å². The Labute approximate surface area is 78.5 Å². The zero-order valence-corrected chi connectivity index (χ0v) is 8.20. The van der Waals surface area contributed by atoms with E-state index in [0.717, 1.165) is 12.1 Å². The fourth-order valence-corrected chi connectivity index (χ4v) is 1.11. The average molecular weight is 175 g/mol. The highest BCUT2D eigenvalue weighted by Gasteiger charge is 2.07. The third-order valence-corrected chi connectivity index (χ3v) is 2.09. The molecule has 3 nitrogen and oxygen atoms in total. The van der Waals surface area contributed by atoms with Crippen molar-refractivity contribution >= 4 is 0 Å². The highest BCUT2D eigenvalue weighted by atomic mass is 14.9. The van der Waals surface area contributed by atoms with Gasteiger partial charge in [-0.2, -0.15) is 5.26 Å². The minimum absolute atomic E-state index is 0.397. The Hall–Kier alpha value is -1.43. The molecule has 0 saturated heterocycles. The quantitative estimate of drug-likeness (QED) is 0.692. The maximum Gasteiger partial charge on any atom is 0.144 e. The molecule has 1 aromatic heterocycles. The van der Waals surface area contributed by atoms with E-state index in [1.165, 1.54) is 0 Å². The Kier molecular flexibility index (Phi) is 2.97. The predicted octanol–water partition coefficient (Wildman–Crippen LogP) is 2.17. The molecule has 0 radical (unpaired) electrons. The first-order valence-corrected chi connectivity index (χ1v) is 4.43. The van der Waals surface area contributed by atoms with Crippen LogP contribution < -0.4 is 0 Å². The van der Waals surface area contributed by atoms with Crippen LogP contribution in [0.2, 0.25) is 0 Å². The van der Waals surface area contributed by atoms with Crippen LogP contribution in [0.3, 0.4) is 0 Å². The van der Waals surface area contributed by atoms with E-state index in [0.29, 0.717) is 17.4 Å². The van der Waals surface area contributed by atoms with E-state index in [4.69, 9.17) is 5.26 Å². The van der Waals surface area contributed by atoms with Crippen molar-refractivity contribution in [3.8, 4) is 6.07 Å². The molecule has 1 rings (SSSR count). The molecule has 68 valence electrons. The van der Waals surface area contributed by atoms with Crippen molar-refractivity contribution in [3.05, 3.63) is 23.3 Å². The van der Waals surface area contributed by atoms with Crippen molar-refractivity contribution in [1.29, 1.82) is 5.26 Å². The second-order valence-corrected chi connectivity index (χ2v) is 3.15. The normalized spacial score (nSPS) is 12.2. The standard InChI is InChI=1S/C10H13N3/c1-4-7(2)10-5-9(6-11)12-8(3)13-10/h5,7H,4H2,1-3H3. The minimum Gasteiger partial charge on any atom is -0.238 e. The summed E-state index contributed by atoms with van der Waals surface area (Å²) in [6.07, 6.45) is 1.03. The third kappa shape index (κ3) is 2.25. The van der Waals surface area contributed by atoms with Crippen LogP contribution >= 0.6 is 0 Å². The van der Waals surface area contributed by atoms with E-state index in [1.54, 1.807) is 6.07 Å². The molecule has 1 atom stereocenters. The van der Waals surface area contributed by atoms with Crippen molar-refractivity contribution in [1.82, 2.24) is 9.97 Å². The molecule has 0 spiro atoms. The van der Waals surface area contributed by atoms with Gasteiger partial charge in [0.25, 0.3) is 0 Å². The number of aryl methyl sites for hydroxylation is 1. The third-order valence-electron chi connectivity index (χ3n) is 2.09. The number of nitrogens with zero attached hydrogens (tertiary/aromatic N) is 3. The van der Waals surface area contributed by atoms with Gasteiger partial charge >= 0.3 is 0 Å². The predicted molar refractivity (Wildman–Crippen MR) is 50.2 cm³/mol. The number of rotatable bonds is 2. The minimum atomic E-state index is 0.397. The van der Waals surface area contributed by atoms with Gasteiger partial charge in [0, 0.05) is 5.69 Å². The Bertz CT molecular complexity index is 339. The topological polar surface area (TPSA) is 49.6 Å². The molecule has 0 N–H and O–H groups in total. The van der Waals surface area contributed by atoms with Crippen LogP contribution in [0.5, 0.6) is 0 Å². The smallest absolute Gasteiger partial charge is 0.144 e. The van der Waals surface area contributed by atoms with Crippen LogP contribution in [0.15, 0.2) is 6.07 Å². The molecule has 0 aliphatic carbocycles. The maximum absolute atomic E-state index is 8.70. The zero-order valence-electron chi connectivity index (χ0n) is 8.20. The summed E-state index contributed by atoms with van der Waals surface area (Å²) in [5.74, 6) is 1.07. The van der Waals surface area contributed by atoms with Crippen LogP contribution in [0.4, 0.5) is 0 Å². The molecule has 3 heteroatoms. The van der Waals surface area contributed by atoms with Crippen LogP contribution in [-0.2, 0) is 0 Å². The monoisotopic (exact) mass is 175 g/mol. The SMILES string of the molecule is CCC(C)c1cc(C#N)nc(C)n1. The summed E-state index contributed by atoms with van der Waals surface area (Å²) in [6.45, 7) is 6.02. The summed E-state index contributed by atoms with van der Waals surface area (Å²) in [7, 11) is 0. The lowest BCUT2D eigenvalue weighted by Gasteiger charge is -2.07. The molecular weight excluding hydrogens is 162 g/mol. The van der Waals surface area contributed by atoms with Gasteiger partial charge in [0.15, 0.2) is 0 Å². The highest BCUT2D eigenvalue weighted by Crippen LogP contribution is 2.16. The molecule has 1 aromatic rings. The van der Waals surface area contributed by atoms with E-state index in [2.05, 4.69) is 23.8 Å². The molecule has 0 aliphatic heterocycles. The fraction of sp³-hybridized carbons (Fsp3) is 0.500. The van der Waals surface area contributed by atoms with Gasteiger partial charge in [-0.3, -0.25) is 0 Å². The number of hydrogen-bond donors (Lipinski definition) is 0. The summed E-state index contributed by atoms with van der Waals surface area (Å²) in [6, 6.07) is 3.80. The van der Waals surface area contributed by atoms with Crippen molar-refractivity contribution in [2.75, 3.05) is 0 Å². The molecule has 1 unspecified atom stereocenters. The lowest BCUT2D eigenvalue weighted by atomic mass is 10.0. The maximum atomic E-state index is 8.70. The summed E-state index contributed by atoms with van der Waals surface area (Å²) in [5, 5.41) is 8.70. The number of aromatic nitrogens is 2. The van der Waals surface area contributed by atoms with E-state index < -0.39 is 0 Å². The first-order chi connectivity index (χ1) is 6.17. The Morgan fingerprint density at radius 1 is 1.54 bits per heavy atom. The summed E-state index contributed by atoms with van der Waals surface area (Å²) in [4.78, 5) is 8.29. The highest BCUT2D eigenvalue weighted by molar-refractivity contribution is 5.24. The van der Waals surface area contributed by atoms with E-state index in [1.807, 2.05) is 13.0 Å². The second kappa shape index (κ2) is 3.99. The molecular formula is C10H13N3. The van der Waals surface area contributed by atoms with Gasteiger partial charge in [-0.15, -0.1) is 0 Å². The molecule has 0 bridgehead atoms. The van der Waals surface area contributed by atoms with Gasteiger partial charge in [-0.25, -0.2) is 9.97 Å². The summed E-state index contributed by atoms with van der Waals surface area (Å²) in [5.41, 5.74) is 1.43. The number of hydrogen-bond acceptors (Lipinski definition) is 3. The Balaban J connectivity index is 3.10. The van der Waals surface area contributed by atoms with E-state index >= 15 is 0 Å². The lowest BCUT2D eigenvalue weighted by molar-refractivity contribution is 0.698. The Morgan fingerprint density at radius 3 is 2.77 bits per heavy atom. The van der Waals surface area contributed by atoms with Crippen LogP contribution in [0.1, 0.15) is 43.4 Å². The molecule has 1 heterocycles. The molecule has 0 fully saturated rings. The summed E-state index contributed by atoms with van der Waals surface area (Å²) >= 11 is 0. The average Bonchev–Trinajstić information content (AvgIpc) is 2.15. The zero-order chi connectivity index (χ0) is 9.84. The second-order valence-electron chi connectivity index (χ2n) is 3.15. The summed E-state index contributed by atoms with van der Waals surface area (Å²) < 4.78 is 0. The largest absolute Gasteiger partial charge is 0.238 e. The molecule has 0 aromatic carbocycles. The van der Waals surface area contributed by atoms with Crippen molar-refractivity contribution in [2.24, 2.45) is 0 Å².